The first kappa shape index (κ1) is 27.0. The van der Waals surface area contributed by atoms with Gasteiger partial charge in [-0.2, -0.15) is 0 Å². The van der Waals surface area contributed by atoms with Gasteiger partial charge in [0.15, 0.2) is 11.0 Å². The minimum absolute atomic E-state index is 0.0598. The van der Waals surface area contributed by atoms with Gasteiger partial charge >= 0.3 is 0 Å². The van der Waals surface area contributed by atoms with E-state index in [0.29, 0.717) is 21.9 Å². The molecule has 0 saturated heterocycles. The fourth-order valence-electron chi connectivity index (χ4n) is 4.07. The molecule has 0 unspecified atom stereocenters. The van der Waals surface area contributed by atoms with Crippen LogP contribution in [0.25, 0.3) is 17.1 Å². The second-order valence-electron chi connectivity index (χ2n) is 10.2. The first-order chi connectivity index (χ1) is 17.7. The number of aromatic nitrogens is 3. The quantitative estimate of drug-likeness (QED) is 0.233. The normalized spacial score (nSPS) is 12.4. The van der Waals surface area contributed by atoms with Crippen molar-refractivity contribution in [2.75, 3.05) is 11.1 Å². The first-order valence-corrected chi connectivity index (χ1v) is 13.9. The molecule has 7 heteroatoms. The zero-order chi connectivity index (χ0) is 26.6. The average molecular weight is 533 g/mol. The van der Waals surface area contributed by atoms with Crippen molar-refractivity contribution in [1.29, 1.82) is 0 Å². The summed E-state index contributed by atoms with van der Waals surface area (Å²) in [5.41, 5.74) is 5.15. The average Bonchev–Trinajstić information content (AvgIpc) is 3.31. The molecule has 0 aliphatic rings. The number of nitrogens with one attached hydrogen (secondary N) is 1. The minimum Gasteiger partial charge on any atom is -0.325 e. The van der Waals surface area contributed by atoms with E-state index in [1.165, 1.54) is 17.3 Å². The van der Waals surface area contributed by atoms with Gasteiger partial charge in [0.1, 0.15) is 0 Å². The highest BCUT2D eigenvalue weighted by Gasteiger charge is 2.19. The Hall–Kier alpha value is -3.09. The molecule has 4 aromatic rings. The largest absolute Gasteiger partial charge is 0.325 e. The zero-order valence-electron chi connectivity index (χ0n) is 22.0. The van der Waals surface area contributed by atoms with Crippen LogP contribution in [0.5, 0.6) is 0 Å². The molecule has 5 nitrogen and oxygen atoms in total. The highest BCUT2D eigenvalue weighted by atomic mass is 35.5. The van der Waals surface area contributed by atoms with E-state index in [1.807, 2.05) is 47.0 Å². The Kier molecular flexibility index (Phi) is 8.40. The second-order valence-corrected chi connectivity index (χ2v) is 11.6. The Bertz CT molecular complexity index is 1360. The molecule has 37 heavy (non-hydrogen) atoms. The Balaban J connectivity index is 1.60. The Morgan fingerprint density at radius 1 is 1.00 bits per heavy atom. The molecule has 1 heterocycles. The molecule has 192 valence electrons. The molecule has 1 atom stereocenters. The lowest BCUT2D eigenvalue weighted by Crippen LogP contribution is -2.16. The summed E-state index contributed by atoms with van der Waals surface area (Å²) in [6.07, 6.45) is 1.01. The van der Waals surface area contributed by atoms with E-state index in [9.17, 15) is 4.79 Å². The smallest absolute Gasteiger partial charge is 0.234 e. The van der Waals surface area contributed by atoms with Crippen LogP contribution in [0.2, 0.25) is 5.02 Å². The number of anilines is 1. The number of hydrogen-bond acceptors (Lipinski definition) is 4. The Morgan fingerprint density at radius 3 is 2.32 bits per heavy atom. The second kappa shape index (κ2) is 11.5. The van der Waals surface area contributed by atoms with Crippen LogP contribution in [0, 0.1) is 0 Å². The van der Waals surface area contributed by atoms with Crippen LogP contribution in [-0.2, 0) is 10.2 Å². The SMILES string of the molecule is CC[C@@H](C)c1ccccc1NC(=O)CSc1nnc(-c2ccc(C(C)(C)C)cc2)n1-c1ccc(Cl)cc1. The summed E-state index contributed by atoms with van der Waals surface area (Å²) in [5.74, 6) is 1.21. The predicted molar refractivity (Wildman–Crippen MR) is 155 cm³/mol. The molecular formula is C30H33ClN4OS. The number of amides is 1. The molecule has 0 bridgehead atoms. The van der Waals surface area contributed by atoms with E-state index in [1.54, 1.807) is 0 Å². The van der Waals surface area contributed by atoms with Gasteiger partial charge in [-0.1, -0.05) is 100 Å². The third kappa shape index (κ3) is 6.43. The molecule has 0 saturated carbocycles. The lowest BCUT2D eigenvalue weighted by Gasteiger charge is -2.19. The summed E-state index contributed by atoms with van der Waals surface area (Å²) in [6, 6.07) is 24.0. The van der Waals surface area contributed by atoms with Crippen LogP contribution >= 0.6 is 23.4 Å². The molecule has 0 radical (unpaired) electrons. The maximum atomic E-state index is 12.9. The summed E-state index contributed by atoms with van der Waals surface area (Å²) in [7, 11) is 0. The molecule has 1 N–H and O–H groups in total. The monoisotopic (exact) mass is 532 g/mol. The fraction of sp³-hybridized carbons (Fsp3) is 0.300. The van der Waals surface area contributed by atoms with Crippen molar-refractivity contribution in [2.45, 2.75) is 57.5 Å². The molecule has 0 spiro atoms. The molecule has 1 aromatic heterocycles. The Morgan fingerprint density at radius 2 is 1.68 bits per heavy atom. The van der Waals surface area contributed by atoms with E-state index < -0.39 is 0 Å². The lowest BCUT2D eigenvalue weighted by molar-refractivity contribution is -0.113. The number of thioether (sulfide) groups is 1. The molecule has 1 amide bonds. The van der Waals surface area contributed by atoms with Gasteiger partial charge in [-0.15, -0.1) is 10.2 Å². The molecular weight excluding hydrogens is 500 g/mol. The highest BCUT2D eigenvalue weighted by molar-refractivity contribution is 7.99. The van der Waals surface area contributed by atoms with Crippen molar-refractivity contribution >= 4 is 35.0 Å². The van der Waals surface area contributed by atoms with Gasteiger partial charge in [0.25, 0.3) is 0 Å². The van der Waals surface area contributed by atoms with E-state index in [0.717, 1.165) is 28.9 Å². The highest BCUT2D eigenvalue weighted by Crippen LogP contribution is 2.31. The van der Waals surface area contributed by atoms with Crippen molar-refractivity contribution in [1.82, 2.24) is 14.8 Å². The molecule has 0 aliphatic heterocycles. The maximum absolute atomic E-state index is 12.9. The number of rotatable bonds is 8. The van der Waals surface area contributed by atoms with Gasteiger partial charge in [-0.25, -0.2) is 0 Å². The topological polar surface area (TPSA) is 59.8 Å². The standard InChI is InChI=1S/C30H33ClN4OS/c1-6-20(2)25-9-7-8-10-26(25)32-27(36)19-37-29-34-33-28(35(29)24-17-15-23(31)16-18-24)21-11-13-22(14-12-21)30(3,4)5/h7-18,20H,6,19H2,1-5H3,(H,32,36)/t20-/m1/s1. The summed E-state index contributed by atoms with van der Waals surface area (Å²) in [4.78, 5) is 12.9. The number of nitrogens with zero attached hydrogens (tertiary/aromatic N) is 3. The first-order valence-electron chi connectivity index (χ1n) is 12.5. The van der Waals surface area contributed by atoms with Crippen molar-refractivity contribution in [3.05, 3.63) is 88.9 Å². The van der Waals surface area contributed by atoms with E-state index in [-0.39, 0.29) is 17.1 Å². The van der Waals surface area contributed by atoms with Crippen LogP contribution in [-0.4, -0.2) is 26.4 Å². The predicted octanol–water partition coefficient (Wildman–Crippen LogP) is 8.13. The number of para-hydroxylation sites is 1. The van der Waals surface area contributed by atoms with Gasteiger partial charge in [0, 0.05) is 22.0 Å². The Labute approximate surface area is 228 Å². The third-order valence-corrected chi connectivity index (χ3v) is 7.62. The van der Waals surface area contributed by atoms with Gasteiger partial charge in [0.2, 0.25) is 5.91 Å². The van der Waals surface area contributed by atoms with Crippen LogP contribution in [0.1, 0.15) is 58.1 Å². The van der Waals surface area contributed by atoms with Crippen molar-refractivity contribution < 1.29 is 4.79 Å². The molecule has 0 aliphatic carbocycles. The number of carbonyl (C=O) groups is 1. The third-order valence-electron chi connectivity index (χ3n) is 6.44. The van der Waals surface area contributed by atoms with E-state index in [4.69, 9.17) is 11.6 Å². The van der Waals surface area contributed by atoms with Crippen LogP contribution in [0.3, 0.4) is 0 Å². The number of benzene rings is 3. The fourth-order valence-corrected chi connectivity index (χ4v) is 4.95. The number of hydrogen-bond donors (Lipinski definition) is 1. The molecule has 3 aromatic carbocycles. The lowest BCUT2D eigenvalue weighted by atomic mass is 9.87. The van der Waals surface area contributed by atoms with Gasteiger partial charge in [0.05, 0.1) is 5.75 Å². The number of halogens is 1. The van der Waals surface area contributed by atoms with Crippen molar-refractivity contribution in [2.24, 2.45) is 0 Å². The summed E-state index contributed by atoms with van der Waals surface area (Å²) in [6.45, 7) is 10.9. The number of carbonyl (C=O) groups excluding carboxylic acids is 1. The van der Waals surface area contributed by atoms with Gasteiger partial charge < -0.3 is 5.32 Å². The van der Waals surface area contributed by atoms with E-state index in [2.05, 4.69) is 80.5 Å². The summed E-state index contributed by atoms with van der Waals surface area (Å²) >= 11 is 7.52. The maximum Gasteiger partial charge on any atom is 0.234 e. The summed E-state index contributed by atoms with van der Waals surface area (Å²) in [5, 5.41) is 13.4. The van der Waals surface area contributed by atoms with Gasteiger partial charge in [-0.05, 0) is 59.2 Å². The van der Waals surface area contributed by atoms with Crippen LogP contribution in [0.4, 0.5) is 5.69 Å². The van der Waals surface area contributed by atoms with Crippen molar-refractivity contribution in [3.8, 4) is 17.1 Å². The van der Waals surface area contributed by atoms with Gasteiger partial charge in [-0.3, -0.25) is 9.36 Å². The van der Waals surface area contributed by atoms with E-state index >= 15 is 0 Å². The molecule has 4 rings (SSSR count). The molecule has 0 fully saturated rings. The summed E-state index contributed by atoms with van der Waals surface area (Å²) < 4.78 is 1.98. The van der Waals surface area contributed by atoms with Crippen molar-refractivity contribution in [3.63, 3.8) is 0 Å². The van der Waals surface area contributed by atoms with Crippen LogP contribution in [0.15, 0.2) is 78.0 Å². The van der Waals surface area contributed by atoms with Crippen LogP contribution < -0.4 is 5.32 Å². The minimum atomic E-state index is -0.0810. The zero-order valence-corrected chi connectivity index (χ0v) is 23.5.